The van der Waals surface area contributed by atoms with Gasteiger partial charge in [0.2, 0.25) is 15.9 Å². The maximum absolute atomic E-state index is 12.8. The molecule has 0 radical (unpaired) electrons. The van der Waals surface area contributed by atoms with E-state index in [-0.39, 0.29) is 16.8 Å². The monoisotopic (exact) mass is 391 g/mol. The highest BCUT2D eigenvalue weighted by atomic mass is 32.2. The molecule has 0 unspecified atom stereocenters. The second-order valence-electron chi connectivity index (χ2n) is 6.88. The number of hydrogen-bond donors (Lipinski definition) is 1. The number of benzene rings is 1. The molecule has 1 fully saturated rings. The first-order valence-electron chi connectivity index (χ1n) is 9.14. The van der Waals surface area contributed by atoms with Gasteiger partial charge in [-0.05, 0) is 38.7 Å². The lowest BCUT2D eigenvalue weighted by atomic mass is 10.1. The summed E-state index contributed by atoms with van der Waals surface area (Å²) in [6.07, 6.45) is 2.33. The number of aromatic nitrogens is 1. The molecule has 8 heteroatoms. The van der Waals surface area contributed by atoms with Crippen LogP contribution >= 0.6 is 0 Å². The van der Waals surface area contributed by atoms with E-state index in [1.165, 1.54) is 4.31 Å². The van der Waals surface area contributed by atoms with E-state index < -0.39 is 10.0 Å². The summed E-state index contributed by atoms with van der Waals surface area (Å²) in [4.78, 5) is 12.3. The predicted molar refractivity (Wildman–Crippen MR) is 101 cm³/mol. The molecule has 1 saturated heterocycles. The number of sulfonamides is 1. The molecule has 2 heterocycles. The highest BCUT2D eigenvalue weighted by molar-refractivity contribution is 7.89. The van der Waals surface area contributed by atoms with Crippen LogP contribution in [0.3, 0.4) is 0 Å². The molecule has 1 amide bonds. The fraction of sp³-hybridized carbons (Fsp3) is 0.474. The van der Waals surface area contributed by atoms with Crippen LogP contribution in [0.1, 0.15) is 36.3 Å². The summed E-state index contributed by atoms with van der Waals surface area (Å²) in [5.41, 5.74) is 1.51. The zero-order chi connectivity index (χ0) is 19.4. The minimum Gasteiger partial charge on any atom is -0.360 e. The average Bonchev–Trinajstić information content (AvgIpc) is 3.00. The maximum atomic E-state index is 12.8. The van der Waals surface area contributed by atoms with Crippen LogP contribution in [0, 0.1) is 13.8 Å². The second kappa shape index (κ2) is 8.22. The van der Waals surface area contributed by atoms with Gasteiger partial charge in [0.15, 0.2) is 5.76 Å². The van der Waals surface area contributed by atoms with Crippen LogP contribution in [0.5, 0.6) is 0 Å². The first-order chi connectivity index (χ1) is 12.9. The molecule has 146 valence electrons. The lowest BCUT2D eigenvalue weighted by Crippen LogP contribution is -2.46. The lowest BCUT2D eigenvalue weighted by molar-refractivity contribution is -0.122. The van der Waals surface area contributed by atoms with Gasteiger partial charge in [-0.25, -0.2) is 8.42 Å². The molecule has 1 aliphatic heterocycles. The second-order valence-corrected chi connectivity index (χ2v) is 8.76. The predicted octanol–water partition coefficient (Wildman–Crippen LogP) is 2.19. The Morgan fingerprint density at radius 3 is 2.48 bits per heavy atom. The zero-order valence-electron chi connectivity index (χ0n) is 15.6. The van der Waals surface area contributed by atoms with Gasteiger partial charge in [-0.2, -0.15) is 4.31 Å². The normalized spacial score (nSPS) is 16.4. The minimum absolute atomic E-state index is 0.00407. The molecule has 7 nitrogen and oxygen atoms in total. The third kappa shape index (κ3) is 4.56. The number of aryl methyl sites for hydroxylation is 3. The number of carbonyl (C=O) groups is 1. The SMILES string of the molecule is Cc1noc(C)c1S(=O)(=O)N1CCC(NC(=O)CCc2ccccc2)CC1. The van der Waals surface area contributed by atoms with Gasteiger partial charge in [0.25, 0.3) is 0 Å². The van der Waals surface area contributed by atoms with Crippen LogP contribution in [-0.4, -0.2) is 42.9 Å². The van der Waals surface area contributed by atoms with Gasteiger partial charge in [0.05, 0.1) is 0 Å². The maximum Gasteiger partial charge on any atom is 0.248 e. The summed E-state index contributed by atoms with van der Waals surface area (Å²) in [7, 11) is -3.61. The molecule has 2 aromatic rings. The van der Waals surface area contributed by atoms with Crippen molar-refractivity contribution in [2.45, 2.75) is 50.5 Å². The molecule has 1 aromatic heterocycles. The van der Waals surface area contributed by atoms with Crippen molar-refractivity contribution in [3.8, 4) is 0 Å². The average molecular weight is 391 g/mol. The summed E-state index contributed by atoms with van der Waals surface area (Å²) >= 11 is 0. The summed E-state index contributed by atoms with van der Waals surface area (Å²) in [5, 5.41) is 6.77. The van der Waals surface area contributed by atoms with Gasteiger partial charge in [-0.1, -0.05) is 35.5 Å². The van der Waals surface area contributed by atoms with Gasteiger partial charge in [0, 0.05) is 25.6 Å². The molecule has 27 heavy (non-hydrogen) atoms. The van der Waals surface area contributed by atoms with E-state index >= 15 is 0 Å². The Bertz CT molecular complexity index is 865. The Hall–Kier alpha value is -2.19. The summed E-state index contributed by atoms with van der Waals surface area (Å²) in [6, 6.07) is 9.89. The van der Waals surface area contributed by atoms with Crippen LogP contribution in [0.4, 0.5) is 0 Å². The van der Waals surface area contributed by atoms with E-state index in [0.717, 1.165) is 5.56 Å². The Labute approximate surface area is 159 Å². The van der Waals surface area contributed by atoms with Gasteiger partial charge in [-0.15, -0.1) is 0 Å². The van der Waals surface area contributed by atoms with Crippen molar-refractivity contribution in [3.63, 3.8) is 0 Å². The molecule has 1 N–H and O–H groups in total. The number of carbonyl (C=O) groups excluding carboxylic acids is 1. The quantitative estimate of drug-likeness (QED) is 0.815. The number of piperidine rings is 1. The van der Waals surface area contributed by atoms with E-state index in [1.54, 1.807) is 13.8 Å². The smallest absolute Gasteiger partial charge is 0.248 e. The van der Waals surface area contributed by atoms with Gasteiger partial charge >= 0.3 is 0 Å². The van der Waals surface area contributed by atoms with Crippen molar-refractivity contribution in [3.05, 3.63) is 47.3 Å². The standard InChI is InChI=1S/C19H25N3O4S/c1-14-19(15(2)26-21-14)27(24,25)22-12-10-17(11-13-22)20-18(23)9-8-16-6-4-3-5-7-16/h3-7,17H,8-13H2,1-2H3,(H,20,23). The Balaban J connectivity index is 1.51. The lowest BCUT2D eigenvalue weighted by Gasteiger charge is -2.31. The van der Waals surface area contributed by atoms with Crippen LogP contribution in [0.2, 0.25) is 0 Å². The van der Waals surface area contributed by atoms with Gasteiger partial charge < -0.3 is 9.84 Å². The van der Waals surface area contributed by atoms with Crippen molar-refractivity contribution in [2.75, 3.05) is 13.1 Å². The first kappa shape index (κ1) is 19.6. The zero-order valence-corrected chi connectivity index (χ0v) is 16.5. The van der Waals surface area contributed by atoms with Crippen molar-refractivity contribution >= 4 is 15.9 Å². The highest BCUT2D eigenvalue weighted by Crippen LogP contribution is 2.25. The number of hydrogen-bond acceptors (Lipinski definition) is 5. The van der Waals surface area contributed by atoms with Crippen molar-refractivity contribution in [1.29, 1.82) is 0 Å². The Kier molecular flexibility index (Phi) is 5.96. The van der Waals surface area contributed by atoms with E-state index in [2.05, 4.69) is 10.5 Å². The molecule has 1 aromatic carbocycles. The molecule has 0 aliphatic carbocycles. The van der Waals surface area contributed by atoms with Crippen molar-refractivity contribution in [2.24, 2.45) is 0 Å². The van der Waals surface area contributed by atoms with E-state index in [0.29, 0.717) is 50.2 Å². The van der Waals surface area contributed by atoms with Crippen LogP contribution < -0.4 is 5.32 Å². The molecule has 0 atom stereocenters. The van der Waals surface area contributed by atoms with Gasteiger partial charge in [-0.3, -0.25) is 4.79 Å². The van der Waals surface area contributed by atoms with Gasteiger partial charge in [0.1, 0.15) is 10.6 Å². The number of nitrogens with zero attached hydrogens (tertiary/aromatic N) is 2. The molecule has 0 bridgehead atoms. The van der Waals surface area contributed by atoms with E-state index in [1.807, 2.05) is 30.3 Å². The van der Waals surface area contributed by atoms with E-state index in [9.17, 15) is 13.2 Å². The van der Waals surface area contributed by atoms with E-state index in [4.69, 9.17) is 4.52 Å². The first-order valence-corrected chi connectivity index (χ1v) is 10.6. The molecule has 3 rings (SSSR count). The number of nitrogens with one attached hydrogen (secondary N) is 1. The Morgan fingerprint density at radius 1 is 1.22 bits per heavy atom. The number of rotatable bonds is 6. The van der Waals surface area contributed by atoms with Crippen LogP contribution in [0.25, 0.3) is 0 Å². The summed E-state index contributed by atoms with van der Waals surface area (Å²) < 4.78 is 32.1. The highest BCUT2D eigenvalue weighted by Gasteiger charge is 2.34. The molecule has 0 saturated carbocycles. The van der Waals surface area contributed by atoms with Crippen LogP contribution in [0.15, 0.2) is 39.8 Å². The van der Waals surface area contributed by atoms with Crippen molar-refractivity contribution in [1.82, 2.24) is 14.8 Å². The third-order valence-corrected chi connectivity index (χ3v) is 7.01. The Morgan fingerprint density at radius 2 is 1.89 bits per heavy atom. The third-order valence-electron chi connectivity index (χ3n) is 4.87. The number of amides is 1. The molecular formula is C19H25N3O4S. The molecule has 0 spiro atoms. The van der Waals surface area contributed by atoms with Crippen molar-refractivity contribution < 1.29 is 17.7 Å². The minimum atomic E-state index is -3.61. The fourth-order valence-electron chi connectivity index (χ4n) is 3.41. The molecular weight excluding hydrogens is 366 g/mol. The topological polar surface area (TPSA) is 92.5 Å². The summed E-state index contributed by atoms with van der Waals surface area (Å²) in [5.74, 6) is 0.315. The molecule has 1 aliphatic rings. The summed E-state index contributed by atoms with van der Waals surface area (Å²) in [6.45, 7) is 3.97. The largest absolute Gasteiger partial charge is 0.360 e. The van der Waals surface area contributed by atoms with Crippen LogP contribution in [-0.2, 0) is 21.2 Å². The fourth-order valence-corrected chi connectivity index (χ4v) is 5.18.